The Labute approximate surface area is 114 Å². The van der Waals surface area contributed by atoms with Crippen molar-refractivity contribution in [1.29, 1.82) is 0 Å². The third-order valence-corrected chi connectivity index (χ3v) is 3.98. The lowest BCUT2D eigenvalue weighted by Gasteiger charge is -2.14. The molecule has 0 saturated carbocycles. The summed E-state index contributed by atoms with van der Waals surface area (Å²) in [5.41, 5.74) is 2.85. The number of aryl methyl sites for hydroxylation is 1. The number of benzene rings is 1. The van der Waals surface area contributed by atoms with Gasteiger partial charge in [0.2, 0.25) is 0 Å². The van der Waals surface area contributed by atoms with Crippen molar-refractivity contribution in [3.05, 3.63) is 46.0 Å². The van der Waals surface area contributed by atoms with Gasteiger partial charge in [0.25, 0.3) is 0 Å². The molecule has 0 bridgehead atoms. The fourth-order valence-electron chi connectivity index (χ4n) is 2.07. The standard InChI is InChI=1S/C16H23Br/c1-4-7-8-9-13(5-2)15-11-10-14(6-3)16(17)12-15/h7-8,10-13H,4-6,9H2,1-3H3/b8-7-. The Balaban J connectivity index is 2.81. The molecule has 1 atom stereocenters. The minimum Gasteiger partial charge on any atom is -0.0888 e. The van der Waals surface area contributed by atoms with Gasteiger partial charge < -0.3 is 0 Å². The zero-order valence-electron chi connectivity index (χ0n) is 11.2. The lowest BCUT2D eigenvalue weighted by molar-refractivity contribution is 0.672. The maximum Gasteiger partial charge on any atom is 0.0210 e. The average Bonchev–Trinajstić information content (AvgIpc) is 2.35. The van der Waals surface area contributed by atoms with Gasteiger partial charge in [-0.2, -0.15) is 0 Å². The molecule has 1 aromatic rings. The first kappa shape index (κ1) is 14.5. The van der Waals surface area contributed by atoms with E-state index in [1.165, 1.54) is 22.0 Å². The summed E-state index contributed by atoms with van der Waals surface area (Å²) in [6, 6.07) is 6.84. The van der Waals surface area contributed by atoms with Crippen LogP contribution in [0.5, 0.6) is 0 Å². The van der Waals surface area contributed by atoms with E-state index in [1.807, 2.05) is 0 Å². The number of hydrogen-bond acceptors (Lipinski definition) is 0. The highest BCUT2D eigenvalue weighted by atomic mass is 79.9. The van der Waals surface area contributed by atoms with Crippen LogP contribution in [-0.2, 0) is 6.42 Å². The second-order valence-corrected chi connectivity index (χ2v) is 5.28. The van der Waals surface area contributed by atoms with Crippen LogP contribution in [0, 0.1) is 0 Å². The Morgan fingerprint density at radius 1 is 1.18 bits per heavy atom. The SMILES string of the molecule is CC/C=C\CC(CC)c1ccc(CC)c(Br)c1. The van der Waals surface area contributed by atoms with Gasteiger partial charge in [0.15, 0.2) is 0 Å². The largest absolute Gasteiger partial charge is 0.0888 e. The Hall–Kier alpha value is -0.560. The van der Waals surface area contributed by atoms with Gasteiger partial charge in [-0.15, -0.1) is 0 Å². The highest BCUT2D eigenvalue weighted by Gasteiger charge is 2.09. The van der Waals surface area contributed by atoms with Gasteiger partial charge in [0.1, 0.15) is 0 Å². The average molecular weight is 295 g/mol. The summed E-state index contributed by atoms with van der Waals surface area (Å²) in [7, 11) is 0. The topological polar surface area (TPSA) is 0 Å². The Kier molecular flexibility index (Phi) is 6.57. The number of halogens is 1. The molecular weight excluding hydrogens is 272 g/mol. The molecular formula is C16H23Br. The molecule has 0 aliphatic carbocycles. The molecule has 0 nitrogen and oxygen atoms in total. The van der Waals surface area contributed by atoms with Crippen molar-refractivity contribution in [2.75, 3.05) is 0 Å². The quantitative estimate of drug-likeness (QED) is 0.576. The van der Waals surface area contributed by atoms with Crippen LogP contribution < -0.4 is 0 Å². The molecule has 0 heterocycles. The zero-order chi connectivity index (χ0) is 12.7. The van der Waals surface area contributed by atoms with Crippen LogP contribution in [0.4, 0.5) is 0 Å². The van der Waals surface area contributed by atoms with Crippen LogP contribution in [0.25, 0.3) is 0 Å². The van der Waals surface area contributed by atoms with Gasteiger partial charge in [-0.3, -0.25) is 0 Å². The first-order valence-corrected chi connectivity index (χ1v) is 7.45. The summed E-state index contributed by atoms with van der Waals surface area (Å²) in [6.45, 7) is 6.65. The lowest BCUT2D eigenvalue weighted by atomic mass is 9.92. The smallest absolute Gasteiger partial charge is 0.0210 e. The van der Waals surface area contributed by atoms with E-state index in [0.29, 0.717) is 5.92 Å². The van der Waals surface area contributed by atoms with Crippen LogP contribution in [0.3, 0.4) is 0 Å². The van der Waals surface area contributed by atoms with Gasteiger partial charge in [-0.05, 0) is 48.8 Å². The van der Waals surface area contributed by atoms with Gasteiger partial charge >= 0.3 is 0 Å². The second-order valence-electron chi connectivity index (χ2n) is 4.42. The predicted molar refractivity (Wildman–Crippen MR) is 80.6 cm³/mol. The van der Waals surface area contributed by atoms with E-state index >= 15 is 0 Å². The van der Waals surface area contributed by atoms with E-state index in [0.717, 1.165) is 19.3 Å². The molecule has 94 valence electrons. The molecule has 1 heteroatoms. The highest BCUT2D eigenvalue weighted by molar-refractivity contribution is 9.10. The van der Waals surface area contributed by atoms with Crippen molar-refractivity contribution in [3.8, 4) is 0 Å². The zero-order valence-corrected chi connectivity index (χ0v) is 12.8. The Morgan fingerprint density at radius 2 is 1.94 bits per heavy atom. The van der Waals surface area contributed by atoms with E-state index in [2.05, 4.69) is 67.1 Å². The fourth-order valence-corrected chi connectivity index (χ4v) is 2.75. The number of hydrogen-bond donors (Lipinski definition) is 0. The van der Waals surface area contributed by atoms with Crippen LogP contribution >= 0.6 is 15.9 Å². The molecule has 17 heavy (non-hydrogen) atoms. The summed E-state index contributed by atoms with van der Waals surface area (Å²) >= 11 is 3.67. The van der Waals surface area contributed by atoms with Gasteiger partial charge in [0.05, 0.1) is 0 Å². The molecule has 0 amide bonds. The van der Waals surface area contributed by atoms with Crippen LogP contribution in [-0.4, -0.2) is 0 Å². The van der Waals surface area contributed by atoms with Crippen LogP contribution in [0.15, 0.2) is 34.8 Å². The van der Waals surface area contributed by atoms with Crippen LogP contribution in [0.1, 0.15) is 57.1 Å². The van der Waals surface area contributed by atoms with Crippen molar-refractivity contribution in [2.45, 2.75) is 52.4 Å². The van der Waals surface area contributed by atoms with Gasteiger partial charge in [-0.1, -0.05) is 61.0 Å². The van der Waals surface area contributed by atoms with Crippen LogP contribution in [0.2, 0.25) is 0 Å². The summed E-state index contributed by atoms with van der Waals surface area (Å²) in [4.78, 5) is 0. The molecule has 1 rings (SSSR count). The summed E-state index contributed by atoms with van der Waals surface area (Å²) < 4.78 is 1.26. The van der Waals surface area contributed by atoms with Crippen molar-refractivity contribution >= 4 is 15.9 Å². The third-order valence-electron chi connectivity index (χ3n) is 3.25. The third kappa shape index (κ3) is 4.31. The summed E-state index contributed by atoms with van der Waals surface area (Å²) in [5, 5.41) is 0. The van der Waals surface area contributed by atoms with E-state index in [-0.39, 0.29) is 0 Å². The van der Waals surface area contributed by atoms with Crippen molar-refractivity contribution in [2.24, 2.45) is 0 Å². The molecule has 0 saturated heterocycles. The fraction of sp³-hybridized carbons (Fsp3) is 0.500. The molecule has 0 fully saturated rings. The van der Waals surface area contributed by atoms with E-state index in [4.69, 9.17) is 0 Å². The maximum atomic E-state index is 3.67. The van der Waals surface area contributed by atoms with Gasteiger partial charge in [-0.25, -0.2) is 0 Å². The lowest BCUT2D eigenvalue weighted by Crippen LogP contribution is -1.97. The molecule has 0 aliphatic rings. The normalized spacial score (nSPS) is 13.2. The molecule has 0 N–H and O–H groups in total. The van der Waals surface area contributed by atoms with Crippen molar-refractivity contribution in [1.82, 2.24) is 0 Å². The minimum absolute atomic E-state index is 0.653. The molecule has 1 aromatic carbocycles. The summed E-state index contributed by atoms with van der Waals surface area (Å²) in [6.07, 6.45) is 9.16. The van der Waals surface area contributed by atoms with E-state index < -0.39 is 0 Å². The molecule has 0 aliphatic heterocycles. The van der Waals surface area contributed by atoms with Crippen molar-refractivity contribution < 1.29 is 0 Å². The molecule has 1 unspecified atom stereocenters. The van der Waals surface area contributed by atoms with Gasteiger partial charge in [0, 0.05) is 4.47 Å². The minimum atomic E-state index is 0.653. The Bertz CT molecular complexity index is 366. The maximum absolute atomic E-state index is 3.67. The van der Waals surface area contributed by atoms with E-state index in [9.17, 15) is 0 Å². The molecule has 0 spiro atoms. The predicted octanol–water partition coefficient (Wildman–Crippen LogP) is 5.86. The molecule has 0 aromatic heterocycles. The summed E-state index contributed by atoms with van der Waals surface area (Å²) in [5.74, 6) is 0.653. The first-order valence-electron chi connectivity index (χ1n) is 6.66. The molecule has 0 radical (unpaired) electrons. The monoisotopic (exact) mass is 294 g/mol. The number of allylic oxidation sites excluding steroid dienone is 2. The van der Waals surface area contributed by atoms with E-state index in [1.54, 1.807) is 0 Å². The number of rotatable bonds is 6. The van der Waals surface area contributed by atoms with Crippen molar-refractivity contribution in [3.63, 3.8) is 0 Å². The highest BCUT2D eigenvalue weighted by Crippen LogP contribution is 2.28. The Morgan fingerprint density at radius 3 is 2.47 bits per heavy atom. The second kappa shape index (κ2) is 7.71. The first-order chi connectivity index (χ1) is 8.22.